The molecule has 0 saturated carbocycles. The van der Waals surface area contributed by atoms with Crippen LogP contribution in [-0.4, -0.2) is 25.3 Å². The number of anilines is 1. The lowest BCUT2D eigenvalue weighted by molar-refractivity contribution is 0.202. The van der Waals surface area contributed by atoms with Gasteiger partial charge < -0.3 is 5.73 Å². The zero-order chi connectivity index (χ0) is 14.2. The maximum atomic E-state index is 12.7. The molecule has 1 aromatic rings. The fraction of sp³-hybridized carbons (Fsp3) is 0.538. The number of halogens is 1. The first-order valence-corrected chi connectivity index (χ1v) is 8.22. The lowest BCUT2D eigenvalue weighted by atomic mass is 9.94. The Labute approximate surface area is 119 Å². The van der Waals surface area contributed by atoms with Crippen LogP contribution in [0.25, 0.3) is 0 Å². The van der Waals surface area contributed by atoms with Gasteiger partial charge in [0.05, 0.1) is 5.69 Å². The molecule has 0 aromatic heterocycles. The van der Waals surface area contributed by atoms with Gasteiger partial charge in [0.15, 0.2) is 0 Å². The smallest absolute Gasteiger partial charge is 0.245 e. The van der Waals surface area contributed by atoms with Crippen LogP contribution in [-0.2, 0) is 10.0 Å². The van der Waals surface area contributed by atoms with Gasteiger partial charge in [-0.15, -0.1) is 0 Å². The minimum absolute atomic E-state index is 0.00571. The molecule has 0 bridgehead atoms. The Hall–Kier alpha value is -0.780. The third kappa shape index (κ3) is 2.73. The summed E-state index contributed by atoms with van der Waals surface area (Å²) in [4.78, 5) is 0.151. The summed E-state index contributed by atoms with van der Waals surface area (Å²) in [6.07, 6.45) is 1.95. The molecular formula is C13H19ClN2O2S. The number of nitrogens with zero attached hydrogens (tertiary/aromatic N) is 1. The SMILES string of the molecule is CC1CCCN(S(=O)(=O)c2ccc(Cl)cc2N)C1C. The minimum Gasteiger partial charge on any atom is -0.398 e. The number of hydrogen-bond donors (Lipinski definition) is 1. The third-order valence-corrected chi connectivity index (χ3v) is 6.17. The van der Waals surface area contributed by atoms with E-state index in [1.165, 1.54) is 12.1 Å². The zero-order valence-electron chi connectivity index (χ0n) is 11.1. The van der Waals surface area contributed by atoms with Gasteiger partial charge in [0.25, 0.3) is 0 Å². The van der Waals surface area contributed by atoms with E-state index in [4.69, 9.17) is 17.3 Å². The number of sulfonamides is 1. The third-order valence-electron chi connectivity index (χ3n) is 3.87. The van der Waals surface area contributed by atoms with Crippen LogP contribution in [0.1, 0.15) is 26.7 Å². The van der Waals surface area contributed by atoms with Gasteiger partial charge in [-0.1, -0.05) is 18.5 Å². The van der Waals surface area contributed by atoms with Gasteiger partial charge in [0, 0.05) is 17.6 Å². The summed E-state index contributed by atoms with van der Waals surface area (Å²) in [7, 11) is -3.54. The van der Waals surface area contributed by atoms with Gasteiger partial charge in [-0.3, -0.25) is 0 Å². The molecule has 2 N–H and O–H groups in total. The molecule has 1 heterocycles. The van der Waals surface area contributed by atoms with Crippen LogP contribution in [0.15, 0.2) is 23.1 Å². The number of hydrogen-bond acceptors (Lipinski definition) is 3. The van der Waals surface area contributed by atoms with Crippen molar-refractivity contribution in [3.05, 3.63) is 23.2 Å². The second kappa shape index (κ2) is 5.31. The summed E-state index contributed by atoms with van der Waals surface area (Å²) in [6, 6.07) is 4.52. The van der Waals surface area contributed by atoms with E-state index < -0.39 is 10.0 Å². The highest BCUT2D eigenvalue weighted by atomic mass is 35.5. The molecule has 2 atom stereocenters. The molecule has 0 amide bonds. The van der Waals surface area contributed by atoms with Crippen molar-refractivity contribution >= 4 is 27.3 Å². The first-order chi connectivity index (χ1) is 8.84. The molecular weight excluding hydrogens is 284 g/mol. The fourth-order valence-corrected chi connectivity index (χ4v) is 4.56. The lowest BCUT2D eigenvalue weighted by Gasteiger charge is -2.36. The highest BCUT2D eigenvalue weighted by molar-refractivity contribution is 7.89. The van der Waals surface area contributed by atoms with Crippen molar-refractivity contribution in [2.75, 3.05) is 12.3 Å². The Bertz CT molecular complexity index is 574. The van der Waals surface area contributed by atoms with Gasteiger partial charge in [0.2, 0.25) is 10.0 Å². The van der Waals surface area contributed by atoms with Crippen LogP contribution in [0.3, 0.4) is 0 Å². The van der Waals surface area contributed by atoms with Gasteiger partial charge in [-0.05, 0) is 43.9 Å². The molecule has 6 heteroatoms. The summed E-state index contributed by atoms with van der Waals surface area (Å²) < 4.78 is 26.9. The number of benzene rings is 1. The summed E-state index contributed by atoms with van der Waals surface area (Å²) in [5.41, 5.74) is 6.01. The van der Waals surface area contributed by atoms with Crippen LogP contribution in [0.4, 0.5) is 5.69 Å². The predicted molar refractivity (Wildman–Crippen MR) is 77.6 cm³/mol. The number of rotatable bonds is 2. The molecule has 2 rings (SSSR count). The summed E-state index contributed by atoms with van der Waals surface area (Å²) in [5, 5.41) is 0.441. The molecule has 2 unspecified atom stereocenters. The molecule has 1 fully saturated rings. The van der Waals surface area contributed by atoms with Crippen molar-refractivity contribution in [1.82, 2.24) is 4.31 Å². The molecule has 0 aliphatic carbocycles. The van der Waals surface area contributed by atoms with E-state index in [0.717, 1.165) is 12.8 Å². The molecule has 1 aliphatic rings. The normalized spacial score (nSPS) is 25.4. The van der Waals surface area contributed by atoms with Crippen LogP contribution in [0, 0.1) is 5.92 Å². The van der Waals surface area contributed by atoms with Gasteiger partial charge in [-0.25, -0.2) is 8.42 Å². The van der Waals surface area contributed by atoms with Crippen LogP contribution in [0.5, 0.6) is 0 Å². The van der Waals surface area contributed by atoms with E-state index >= 15 is 0 Å². The van der Waals surface area contributed by atoms with E-state index in [-0.39, 0.29) is 16.6 Å². The Balaban J connectivity index is 2.41. The topological polar surface area (TPSA) is 63.4 Å². The molecule has 1 saturated heterocycles. The summed E-state index contributed by atoms with van der Waals surface area (Å²) in [6.45, 7) is 4.58. The molecule has 106 valence electrons. The van der Waals surface area contributed by atoms with E-state index in [0.29, 0.717) is 17.5 Å². The Kier molecular flexibility index (Phi) is 4.08. The number of nitrogens with two attached hydrogens (primary N) is 1. The van der Waals surface area contributed by atoms with Gasteiger partial charge in [-0.2, -0.15) is 4.31 Å². The van der Waals surface area contributed by atoms with E-state index in [1.54, 1.807) is 10.4 Å². The number of piperidine rings is 1. The van der Waals surface area contributed by atoms with Crippen molar-refractivity contribution < 1.29 is 8.42 Å². The molecule has 0 radical (unpaired) electrons. The first kappa shape index (κ1) is 14.6. The first-order valence-electron chi connectivity index (χ1n) is 6.41. The van der Waals surface area contributed by atoms with Crippen molar-refractivity contribution in [3.63, 3.8) is 0 Å². The molecule has 0 spiro atoms. The largest absolute Gasteiger partial charge is 0.398 e. The van der Waals surface area contributed by atoms with Crippen LogP contribution >= 0.6 is 11.6 Å². The molecule has 4 nitrogen and oxygen atoms in total. The van der Waals surface area contributed by atoms with Crippen LogP contribution < -0.4 is 5.73 Å². The van der Waals surface area contributed by atoms with Crippen LogP contribution in [0.2, 0.25) is 5.02 Å². The maximum Gasteiger partial charge on any atom is 0.245 e. The standard InChI is InChI=1S/C13H19ClN2O2S/c1-9-4-3-7-16(10(9)2)19(17,18)13-6-5-11(14)8-12(13)15/h5-6,8-10H,3-4,7,15H2,1-2H3. The molecule has 19 heavy (non-hydrogen) atoms. The molecule has 1 aliphatic heterocycles. The highest BCUT2D eigenvalue weighted by Gasteiger charge is 2.35. The van der Waals surface area contributed by atoms with Gasteiger partial charge in [0.1, 0.15) is 4.90 Å². The average molecular weight is 303 g/mol. The minimum atomic E-state index is -3.54. The van der Waals surface area contributed by atoms with Crippen molar-refractivity contribution in [3.8, 4) is 0 Å². The van der Waals surface area contributed by atoms with Crippen molar-refractivity contribution in [2.24, 2.45) is 5.92 Å². The van der Waals surface area contributed by atoms with Gasteiger partial charge >= 0.3 is 0 Å². The van der Waals surface area contributed by atoms with E-state index in [2.05, 4.69) is 6.92 Å². The Morgan fingerprint density at radius 3 is 2.68 bits per heavy atom. The average Bonchev–Trinajstić information content (AvgIpc) is 2.31. The van der Waals surface area contributed by atoms with E-state index in [1.807, 2.05) is 6.92 Å². The summed E-state index contributed by atoms with van der Waals surface area (Å²) in [5.74, 6) is 0.358. The Morgan fingerprint density at radius 1 is 1.37 bits per heavy atom. The molecule has 1 aromatic carbocycles. The van der Waals surface area contributed by atoms with Crippen molar-refractivity contribution in [1.29, 1.82) is 0 Å². The summed E-state index contributed by atoms with van der Waals surface area (Å²) >= 11 is 5.82. The predicted octanol–water partition coefficient (Wildman–Crippen LogP) is 2.73. The quantitative estimate of drug-likeness (QED) is 0.854. The number of nitrogen functional groups attached to an aromatic ring is 1. The fourth-order valence-electron chi connectivity index (χ4n) is 2.52. The lowest BCUT2D eigenvalue weighted by Crippen LogP contribution is -2.46. The maximum absolute atomic E-state index is 12.7. The second-order valence-electron chi connectivity index (χ2n) is 5.16. The van der Waals surface area contributed by atoms with Crippen molar-refractivity contribution in [2.45, 2.75) is 37.6 Å². The highest BCUT2D eigenvalue weighted by Crippen LogP contribution is 2.31. The Morgan fingerprint density at radius 2 is 2.05 bits per heavy atom. The van der Waals surface area contributed by atoms with E-state index in [9.17, 15) is 8.42 Å². The monoisotopic (exact) mass is 302 g/mol. The zero-order valence-corrected chi connectivity index (χ0v) is 12.7. The second-order valence-corrected chi connectivity index (χ2v) is 7.45.